The van der Waals surface area contributed by atoms with E-state index in [-0.39, 0.29) is 5.41 Å². The van der Waals surface area contributed by atoms with Crippen LogP contribution in [0.25, 0.3) is 0 Å². The van der Waals surface area contributed by atoms with Crippen molar-refractivity contribution in [2.24, 2.45) is 5.73 Å². The largest absolute Gasteiger partial charge is 0.330 e. The van der Waals surface area contributed by atoms with E-state index < -0.39 is 0 Å². The highest BCUT2D eigenvalue weighted by Crippen LogP contribution is 2.46. The van der Waals surface area contributed by atoms with Gasteiger partial charge in [-0.15, -0.1) is 6.58 Å². The van der Waals surface area contributed by atoms with Gasteiger partial charge in [0.2, 0.25) is 0 Å². The third-order valence-corrected chi connectivity index (χ3v) is 2.81. The summed E-state index contributed by atoms with van der Waals surface area (Å²) in [6.07, 6.45) is 8.29. The molecule has 0 radical (unpaired) electrons. The number of aromatic nitrogens is 2. The van der Waals surface area contributed by atoms with Crippen LogP contribution in [0.2, 0.25) is 0 Å². The zero-order valence-corrected chi connectivity index (χ0v) is 7.74. The van der Waals surface area contributed by atoms with Gasteiger partial charge in [-0.05, 0) is 18.4 Å². The Hall–Kier alpha value is -1.09. The Morgan fingerprint density at radius 3 is 3.00 bits per heavy atom. The molecule has 0 aliphatic heterocycles. The summed E-state index contributed by atoms with van der Waals surface area (Å²) in [6, 6.07) is 0. The first-order valence-corrected chi connectivity index (χ1v) is 4.65. The standard InChI is InChI=1S/C10H15N3/c1-2-5-13-7-9(6-12-13)10(8-11)3-4-10/h2,6-7H,1,3-5,8,11H2. The predicted octanol–water partition coefficient (Wildman–Crippen LogP) is 1.06. The third-order valence-electron chi connectivity index (χ3n) is 2.81. The maximum absolute atomic E-state index is 5.73. The highest BCUT2D eigenvalue weighted by Gasteiger charge is 2.43. The van der Waals surface area contributed by atoms with Crippen molar-refractivity contribution >= 4 is 0 Å². The second-order valence-corrected chi connectivity index (χ2v) is 3.72. The first kappa shape index (κ1) is 8.51. The van der Waals surface area contributed by atoms with E-state index in [1.165, 1.54) is 18.4 Å². The van der Waals surface area contributed by atoms with Crippen LogP contribution in [-0.2, 0) is 12.0 Å². The normalized spacial score (nSPS) is 18.5. The monoisotopic (exact) mass is 177 g/mol. The summed E-state index contributed by atoms with van der Waals surface area (Å²) in [5, 5.41) is 4.25. The minimum atomic E-state index is 0.263. The van der Waals surface area contributed by atoms with Gasteiger partial charge in [0, 0.05) is 18.2 Å². The summed E-state index contributed by atoms with van der Waals surface area (Å²) in [6.45, 7) is 5.20. The third kappa shape index (κ3) is 1.40. The lowest BCUT2D eigenvalue weighted by Crippen LogP contribution is -2.18. The van der Waals surface area contributed by atoms with E-state index in [0.717, 1.165) is 13.1 Å². The predicted molar refractivity (Wildman–Crippen MR) is 52.4 cm³/mol. The fourth-order valence-electron chi connectivity index (χ4n) is 1.63. The number of allylic oxidation sites excluding steroid dienone is 1. The molecule has 1 heterocycles. The van der Waals surface area contributed by atoms with Crippen molar-refractivity contribution in [1.82, 2.24) is 9.78 Å². The second kappa shape index (κ2) is 3.00. The quantitative estimate of drug-likeness (QED) is 0.699. The maximum Gasteiger partial charge on any atom is 0.0587 e. The first-order chi connectivity index (χ1) is 6.30. The highest BCUT2D eigenvalue weighted by molar-refractivity contribution is 5.27. The minimum absolute atomic E-state index is 0.263. The van der Waals surface area contributed by atoms with Crippen molar-refractivity contribution in [2.75, 3.05) is 6.54 Å². The molecule has 2 N–H and O–H groups in total. The average molecular weight is 177 g/mol. The lowest BCUT2D eigenvalue weighted by Gasteiger charge is -2.07. The number of hydrogen-bond acceptors (Lipinski definition) is 2. The molecule has 1 aromatic heterocycles. The highest BCUT2D eigenvalue weighted by atomic mass is 15.3. The van der Waals surface area contributed by atoms with Gasteiger partial charge in [-0.3, -0.25) is 4.68 Å². The van der Waals surface area contributed by atoms with Gasteiger partial charge in [0.05, 0.1) is 12.7 Å². The molecule has 3 nitrogen and oxygen atoms in total. The summed E-state index contributed by atoms with van der Waals surface area (Å²) in [4.78, 5) is 0. The van der Waals surface area contributed by atoms with Gasteiger partial charge in [-0.2, -0.15) is 5.10 Å². The fraction of sp³-hybridized carbons (Fsp3) is 0.500. The van der Waals surface area contributed by atoms with E-state index in [0.29, 0.717) is 0 Å². The lowest BCUT2D eigenvalue weighted by atomic mass is 10.0. The van der Waals surface area contributed by atoms with Crippen LogP contribution in [0.15, 0.2) is 25.0 Å². The molecule has 0 atom stereocenters. The molecule has 1 aromatic rings. The summed E-state index contributed by atoms with van der Waals surface area (Å²) < 4.78 is 1.90. The number of rotatable bonds is 4. The molecule has 0 amide bonds. The molecule has 1 aliphatic rings. The molecule has 3 heteroatoms. The lowest BCUT2D eigenvalue weighted by molar-refractivity contribution is 0.686. The van der Waals surface area contributed by atoms with E-state index in [9.17, 15) is 0 Å². The first-order valence-electron chi connectivity index (χ1n) is 4.65. The van der Waals surface area contributed by atoms with E-state index >= 15 is 0 Å². The summed E-state index contributed by atoms with van der Waals surface area (Å²) >= 11 is 0. The molecule has 70 valence electrons. The van der Waals surface area contributed by atoms with Crippen LogP contribution < -0.4 is 5.73 Å². The Morgan fingerprint density at radius 1 is 1.69 bits per heavy atom. The maximum atomic E-state index is 5.73. The van der Waals surface area contributed by atoms with Gasteiger partial charge >= 0.3 is 0 Å². The average Bonchev–Trinajstić information content (AvgIpc) is 2.82. The van der Waals surface area contributed by atoms with Crippen molar-refractivity contribution in [3.63, 3.8) is 0 Å². The Balaban J connectivity index is 2.17. The van der Waals surface area contributed by atoms with Crippen LogP contribution in [0.1, 0.15) is 18.4 Å². The van der Waals surface area contributed by atoms with E-state index in [4.69, 9.17) is 5.73 Å². The van der Waals surface area contributed by atoms with Gasteiger partial charge < -0.3 is 5.73 Å². The van der Waals surface area contributed by atoms with Gasteiger partial charge in [0.1, 0.15) is 0 Å². The molecule has 0 aromatic carbocycles. The van der Waals surface area contributed by atoms with Crippen LogP contribution >= 0.6 is 0 Å². The van der Waals surface area contributed by atoms with Crippen molar-refractivity contribution in [3.8, 4) is 0 Å². The molecular weight excluding hydrogens is 162 g/mol. The smallest absolute Gasteiger partial charge is 0.0587 e. The van der Waals surface area contributed by atoms with Crippen LogP contribution in [0.3, 0.4) is 0 Å². The van der Waals surface area contributed by atoms with E-state index in [1.807, 2.05) is 17.0 Å². The fourth-order valence-corrected chi connectivity index (χ4v) is 1.63. The molecule has 0 bridgehead atoms. The van der Waals surface area contributed by atoms with Crippen molar-refractivity contribution < 1.29 is 0 Å². The van der Waals surface area contributed by atoms with Gasteiger partial charge in [-0.1, -0.05) is 6.08 Å². The summed E-state index contributed by atoms with van der Waals surface area (Å²) in [5.74, 6) is 0. The Morgan fingerprint density at radius 2 is 2.46 bits per heavy atom. The Bertz CT molecular complexity index is 310. The zero-order valence-electron chi connectivity index (χ0n) is 7.74. The number of nitrogens with zero attached hydrogens (tertiary/aromatic N) is 2. The van der Waals surface area contributed by atoms with Crippen LogP contribution in [0.5, 0.6) is 0 Å². The number of hydrogen-bond donors (Lipinski definition) is 1. The molecule has 1 aliphatic carbocycles. The Kier molecular flexibility index (Phi) is 1.96. The molecular formula is C10H15N3. The molecule has 0 saturated heterocycles. The Labute approximate surface area is 78.2 Å². The SMILES string of the molecule is C=CCn1cc(C2(CN)CC2)cn1. The topological polar surface area (TPSA) is 43.8 Å². The van der Waals surface area contributed by atoms with Gasteiger partial charge in [-0.25, -0.2) is 0 Å². The minimum Gasteiger partial charge on any atom is -0.330 e. The van der Waals surface area contributed by atoms with Gasteiger partial charge in [0.25, 0.3) is 0 Å². The zero-order chi connectivity index (χ0) is 9.31. The number of nitrogens with two attached hydrogens (primary N) is 1. The van der Waals surface area contributed by atoms with E-state index in [1.54, 1.807) is 0 Å². The van der Waals surface area contributed by atoms with Crippen molar-refractivity contribution in [3.05, 3.63) is 30.6 Å². The molecule has 2 rings (SSSR count). The summed E-state index contributed by atoms with van der Waals surface area (Å²) in [5.41, 5.74) is 7.28. The van der Waals surface area contributed by atoms with Gasteiger partial charge in [0.15, 0.2) is 0 Å². The van der Waals surface area contributed by atoms with Crippen molar-refractivity contribution in [1.29, 1.82) is 0 Å². The molecule has 13 heavy (non-hydrogen) atoms. The summed E-state index contributed by atoms with van der Waals surface area (Å²) in [7, 11) is 0. The molecule has 1 fully saturated rings. The van der Waals surface area contributed by atoms with Crippen molar-refractivity contribution in [2.45, 2.75) is 24.8 Å². The van der Waals surface area contributed by atoms with Crippen LogP contribution in [0.4, 0.5) is 0 Å². The van der Waals surface area contributed by atoms with E-state index in [2.05, 4.69) is 17.9 Å². The molecule has 0 spiro atoms. The second-order valence-electron chi connectivity index (χ2n) is 3.72. The molecule has 0 unspecified atom stereocenters. The van der Waals surface area contributed by atoms with Crippen LogP contribution in [-0.4, -0.2) is 16.3 Å². The van der Waals surface area contributed by atoms with Crippen LogP contribution in [0, 0.1) is 0 Å². The molecule has 1 saturated carbocycles.